The van der Waals surface area contributed by atoms with Crippen molar-refractivity contribution in [3.05, 3.63) is 70.4 Å². The fraction of sp³-hybridized carbons (Fsp3) is 0.192. The molecule has 0 bridgehead atoms. The van der Waals surface area contributed by atoms with Gasteiger partial charge in [0.2, 0.25) is 11.5 Å². The van der Waals surface area contributed by atoms with Gasteiger partial charge in [0.05, 0.1) is 11.1 Å². The van der Waals surface area contributed by atoms with E-state index in [-0.39, 0.29) is 28.9 Å². The van der Waals surface area contributed by atoms with Crippen LogP contribution in [0.5, 0.6) is 0 Å². The Bertz CT molecular complexity index is 1390. The van der Waals surface area contributed by atoms with Gasteiger partial charge in [0.1, 0.15) is 12.3 Å². The van der Waals surface area contributed by atoms with Crippen molar-refractivity contribution < 1.29 is 19.1 Å². The third-order valence-electron chi connectivity index (χ3n) is 5.53. The van der Waals surface area contributed by atoms with E-state index in [1.807, 2.05) is 36.4 Å². The Hall–Kier alpha value is -3.19. The van der Waals surface area contributed by atoms with Gasteiger partial charge in [-0.15, -0.1) is 0 Å². The van der Waals surface area contributed by atoms with Gasteiger partial charge in [-0.25, -0.2) is 4.98 Å². The summed E-state index contributed by atoms with van der Waals surface area (Å²) < 4.78 is 5.95. The lowest BCUT2D eigenvalue weighted by Gasteiger charge is -2.17. The molecule has 1 amide bonds. The number of aromatic nitrogens is 1. The number of fused-ring (bicyclic) bond motifs is 1. The Labute approximate surface area is 206 Å². The molecule has 0 aliphatic rings. The predicted octanol–water partition coefficient (Wildman–Crippen LogP) is 6.26. The molecule has 34 heavy (non-hydrogen) atoms. The summed E-state index contributed by atoms with van der Waals surface area (Å²) in [5.41, 5.74) is 3.22. The molecular weight excluding hydrogens is 475 g/mol. The van der Waals surface area contributed by atoms with Gasteiger partial charge in [-0.1, -0.05) is 67.4 Å². The highest BCUT2D eigenvalue weighted by Crippen LogP contribution is 2.42. The molecule has 0 aliphatic heterocycles. The molecule has 8 heteroatoms. The van der Waals surface area contributed by atoms with E-state index in [0.717, 1.165) is 5.56 Å². The number of pyridine rings is 1. The van der Waals surface area contributed by atoms with Gasteiger partial charge in [0.15, 0.2) is 5.76 Å². The van der Waals surface area contributed by atoms with Crippen LogP contribution in [0, 0.1) is 5.92 Å². The number of nitrogens with zero attached hydrogens (tertiary/aromatic N) is 2. The van der Waals surface area contributed by atoms with E-state index in [2.05, 4.69) is 0 Å². The van der Waals surface area contributed by atoms with Crippen LogP contribution in [-0.2, 0) is 4.79 Å². The lowest BCUT2D eigenvalue weighted by atomic mass is 9.97. The summed E-state index contributed by atoms with van der Waals surface area (Å²) in [6.07, 6.45) is 0. The van der Waals surface area contributed by atoms with Crippen LogP contribution in [-0.4, -0.2) is 35.4 Å². The highest BCUT2D eigenvalue weighted by atomic mass is 35.5. The van der Waals surface area contributed by atoms with Crippen molar-refractivity contribution in [2.45, 2.75) is 13.8 Å². The minimum absolute atomic E-state index is 0.0140. The normalized spacial score (nSPS) is 11.3. The number of ketones is 1. The minimum atomic E-state index is -0.715. The molecule has 0 radical (unpaired) electrons. The van der Waals surface area contributed by atoms with Crippen LogP contribution in [0.25, 0.3) is 33.5 Å². The number of halogens is 2. The molecule has 0 saturated carbocycles. The molecule has 6 nitrogen and oxygen atoms in total. The number of furan rings is 1. The molecule has 4 aromatic rings. The number of likely N-dealkylation sites (N-methyl/N-ethyl adjacent to an activating group) is 1. The topological polar surface area (TPSA) is 83.6 Å². The molecule has 0 fully saturated rings. The maximum absolute atomic E-state index is 13.0. The van der Waals surface area contributed by atoms with Gasteiger partial charge in [0, 0.05) is 34.1 Å². The van der Waals surface area contributed by atoms with Crippen LogP contribution in [0.3, 0.4) is 0 Å². The summed E-state index contributed by atoms with van der Waals surface area (Å²) in [4.78, 5) is 31.4. The molecule has 0 saturated heterocycles. The van der Waals surface area contributed by atoms with Crippen LogP contribution < -0.4 is 4.90 Å². The van der Waals surface area contributed by atoms with E-state index < -0.39 is 12.5 Å². The van der Waals surface area contributed by atoms with Crippen molar-refractivity contribution in [3.63, 3.8) is 0 Å². The van der Waals surface area contributed by atoms with E-state index in [1.165, 1.54) is 11.9 Å². The number of aliphatic hydroxyl groups excluding tert-OH is 1. The third-order valence-corrected chi connectivity index (χ3v) is 6.12. The van der Waals surface area contributed by atoms with Crippen molar-refractivity contribution in [2.75, 3.05) is 18.6 Å². The molecular formula is C26H22Cl2N2O4. The van der Waals surface area contributed by atoms with Crippen LogP contribution in [0.1, 0.15) is 24.4 Å². The lowest BCUT2D eigenvalue weighted by Crippen LogP contribution is -2.30. The number of hydrogen-bond donors (Lipinski definition) is 1. The number of aliphatic hydroxyl groups is 1. The summed E-state index contributed by atoms with van der Waals surface area (Å²) in [5, 5.41) is 11.0. The Morgan fingerprint density at radius 2 is 1.74 bits per heavy atom. The smallest absolute Gasteiger partial charge is 0.252 e. The molecule has 2 aromatic heterocycles. The molecule has 0 unspecified atom stereocenters. The van der Waals surface area contributed by atoms with Crippen molar-refractivity contribution in [3.8, 4) is 22.4 Å². The standard InChI is InChI=1S/C26H22Cl2N2O4/c1-14(2)24(33)25-23(30(3)21(32)13-31)19-12-18(15-8-10-16(27)11-9-15)22(29-26(19)34-25)17-6-4-5-7-20(17)28/h4-12,14,31H,13H2,1-3H3. The second-order valence-electron chi connectivity index (χ2n) is 8.13. The van der Waals surface area contributed by atoms with Gasteiger partial charge in [-0.3, -0.25) is 9.59 Å². The average Bonchev–Trinajstić information content (AvgIpc) is 3.20. The summed E-state index contributed by atoms with van der Waals surface area (Å²) in [6, 6.07) is 16.4. The first-order valence-corrected chi connectivity index (χ1v) is 11.4. The number of Topliss-reactive ketones (excluding diaryl/α,β-unsaturated/α-hetero) is 1. The maximum atomic E-state index is 13.0. The fourth-order valence-corrected chi connectivity index (χ4v) is 4.06. The molecule has 174 valence electrons. The molecule has 4 rings (SSSR count). The van der Waals surface area contributed by atoms with E-state index in [9.17, 15) is 14.7 Å². The highest BCUT2D eigenvalue weighted by Gasteiger charge is 2.29. The molecule has 2 aromatic carbocycles. The van der Waals surface area contributed by atoms with Crippen molar-refractivity contribution in [1.82, 2.24) is 4.98 Å². The molecule has 1 N–H and O–H groups in total. The Morgan fingerprint density at radius 3 is 2.35 bits per heavy atom. The van der Waals surface area contributed by atoms with Crippen LogP contribution in [0.2, 0.25) is 10.0 Å². The number of benzene rings is 2. The van der Waals surface area contributed by atoms with Crippen LogP contribution in [0.4, 0.5) is 5.69 Å². The van der Waals surface area contributed by atoms with Crippen LogP contribution in [0.15, 0.2) is 59.0 Å². The Kier molecular flexibility index (Phi) is 6.75. The van der Waals surface area contributed by atoms with E-state index in [0.29, 0.717) is 32.3 Å². The SMILES string of the molecule is CC(C)C(=O)c1oc2nc(-c3ccccc3Cl)c(-c3ccc(Cl)cc3)cc2c1N(C)C(=O)CO. The second-order valence-corrected chi connectivity index (χ2v) is 8.98. The van der Waals surface area contributed by atoms with Crippen molar-refractivity contribution in [1.29, 1.82) is 0 Å². The average molecular weight is 497 g/mol. The monoisotopic (exact) mass is 496 g/mol. The van der Waals surface area contributed by atoms with E-state index >= 15 is 0 Å². The largest absolute Gasteiger partial charge is 0.432 e. The van der Waals surface area contributed by atoms with Gasteiger partial charge >= 0.3 is 0 Å². The highest BCUT2D eigenvalue weighted by molar-refractivity contribution is 6.33. The number of anilines is 1. The number of hydrogen-bond acceptors (Lipinski definition) is 5. The van der Waals surface area contributed by atoms with Gasteiger partial charge in [-0.2, -0.15) is 0 Å². The number of carbonyl (C=O) groups excluding carboxylic acids is 2. The number of carbonyl (C=O) groups is 2. The zero-order valence-electron chi connectivity index (χ0n) is 18.8. The van der Waals surface area contributed by atoms with Gasteiger partial charge in [0.25, 0.3) is 5.91 Å². The number of rotatable bonds is 6. The summed E-state index contributed by atoms with van der Waals surface area (Å²) >= 11 is 12.6. The predicted molar refractivity (Wildman–Crippen MR) is 135 cm³/mol. The minimum Gasteiger partial charge on any atom is -0.432 e. The summed E-state index contributed by atoms with van der Waals surface area (Å²) in [5.74, 6) is -1.22. The van der Waals surface area contributed by atoms with Crippen molar-refractivity contribution in [2.24, 2.45) is 5.92 Å². The fourth-order valence-electron chi connectivity index (χ4n) is 3.71. The van der Waals surface area contributed by atoms with E-state index in [4.69, 9.17) is 32.6 Å². The second kappa shape index (κ2) is 9.58. The molecule has 0 atom stereocenters. The zero-order valence-corrected chi connectivity index (χ0v) is 20.3. The lowest BCUT2D eigenvalue weighted by molar-refractivity contribution is -0.120. The number of amides is 1. The maximum Gasteiger partial charge on any atom is 0.252 e. The molecule has 2 heterocycles. The summed E-state index contributed by atoms with van der Waals surface area (Å²) in [7, 11) is 1.49. The van der Waals surface area contributed by atoms with Crippen molar-refractivity contribution >= 4 is 51.7 Å². The summed E-state index contributed by atoms with van der Waals surface area (Å²) in [6.45, 7) is 2.78. The molecule has 0 aliphatic carbocycles. The Morgan fingerprint density at radius 1 is 1.06 bits per heavy atom. The van der Waals surface area contributed by atoms with Gasteiger partial charge < -0.3 is 14.4 Å². The van der Waals surface area contributed by atoms with Crippen LogP contribution >= 0.6 is 23.2 Å². The first-order valence-electron chi connectivity index (χ1n) is 10.6. The van der Waals surface area contributed by atoms with E-state index in [1.54, 1.807) is 32.0 Å². The zero-order chi connectivity index (χ0) is 24.6. The molecule has 0 spiro atoms. The first-order chi connectivity index (χ1) is 16.2. The van der Waals surface area contributed by atoms with Gasteiger partial charge in [-0.05, 0) is 29.8 Å². The first kappa shape index (κ1) is 24.0. The Balaban J connectivity index is 2.09. The quantitative estimate of drug-likeness (QED) is 0.318. The third kappa shape index (κ3) is 4.32.